The molecular formula is C11H23N3O. The standard InChI is InChI=1S/C11H23N3O/c12-6-3-1-2-5-11(15)14-9-4-7-13-8-10-14/h13H,1-10,12H2. The summed E-state index contributed by atoms with van der Waals surface area (Å²) in [4.78, 5) is 13.8. The summed E-state index contributed by atoms with van der Waals surface area (Å²) in [6.07, 6.45) is 4.87. The smallest absolute Gasteiger partial charge is 0.222 e. The Morgan fingerprint density at radius 1 is 1.20 bits per heavy atom. The van der Waals surface area contributed by atoms with Crippen LogP contribution in [-0.4, -0.2) is 43.5 Å². The molecule has 1 aliphatic rings. The van der Waals surface area contributed by atoms with Crippen molar-refractivity contribution in [2.45, 2.75) is 32.1 Å². The van der Waals surface area contributed by atoms with Crippen LogP contribution in [0.25, 0.3) is 0 Å². The number of rotatable bonds is 5. The molecule has 1 amide bonds. The summed E-state index contributed by atoms with van der Waals surface area (Å²) >= 11 is 0. The zero-order valence-corrected chi connectivity index (χ0v) is 9.50. The lowest BCUT2D eigenvalue weighted by Crippen LogP contribution is -2.33. The van der Waals surface area contributed by atoms with E-state index >= 15 is 0 Å². The fourth-order valence-electron chi connectivity index (χ4n) is 1.85. The Balaban J connectivity index is 2.14. The first-order valence-corrected chi connectivity index (χ1v) is 6.03. The van der Waals surface area contributed by atoms with E-state index in [-0.39, 0.29) is 0 Å². The maximum absolute atomic E-state index is 11.8. The van der Waals surface area contributed by atoms with Crippen molar-refractivity contribution < 1.29 is 4.79 Å². The van der Waals surface area contributed by atoms with Crippen LogP contribution >= 0.6 is 0 Å². The molecule has 1 saturated heterocycles. The molecule has 15 heavy (non-hydrogen) atoms. The average molecular weight is 213 g/mol. The quantitative estimate of drug-likeness (QED) is 0.647. The first kappa shape index (κ1) is 12.5. The van der Waals surface area contributed by atoms with Gasteiger partial charge in [0.05, 0.1) is 0 Å². The first-order chi connectivity index (χ1) is 7.34. The summed E-state index contributed by atoms with van der Waals surface area (Å²) in [5.74, 6) is 0.315. The van der Waals surface area contributed by atoms with Gasteiger partial charge in [-0.3, -0.25) is 4.79 Å². The SMILES string of the molecule is NCCCCCC(=O)N1CCCNCC1. The molecule has 0 aliphatic carbocycles. The van der Waals surface area contributed by atoms with E-state index in [4.69, 9.17) is 5.73 Å². The van der Waals surface area contributed by atoms with Crippen molar-refractivity contribution in [3.8, 4) is 0 Å². The van der Waals surface area contributed by atoms with Gasteiger partial charge in [-0.1, -0.05) is 6.42 Å². The van der Waals surface area contributed by atoms with Gasteiger partial charge in [-0.05, 0) is 32.4 Å². The van der Waals surface area contributed by atoms with Gasteiger partial charge in [0.1, 0.15) is 0 Å². The Kier molecular flexibility index (Phi) is 6.36. The largest absolute Gasteiger partial charge is 0.341 e. The number of nitrogens with zero attached hydrogens (tertiary/aromatic N) is 1. The minimum atomic E-state index is 0.315. The maximum Gasteiger partial charge on any atom is 0.222 e. The van der Waals surface area contributed by atoms with Crippen molar-refractivity contribution in [2.75, 3.05) is 32.7 Å². The first-order valence-electron chi connectivity index (χ1n) is 6.03. The normalized spacial score (nSPS) is 17.5. The van der Waals surface area contributed by atoms with E-state index in [2.05, 4.69) is 5.32 Å². The van der Waals surface area contributed by atoms with Crippen LogP contribution in [0.4, 0.5) is 0 Å². The zero-order chi connectivity index (χ0) is 10.9. The monoisotopic (exact) mass is 213 g/mol. The van der Waals surface area contributed by atoms with Gasteiger partial charge in [-0.25, -0.2) is 0 Å². The van der Waals surface area contributed by atoms with Gasteiger partial charge in [0.15, 0.2) is 0 Å². The van der Waals surface area contributed by atoms with Crippen LogP contribution in [-0.2, 0) is 4.79 Å². The van der Waals surface area contributed by atoms with Crippen molar-refractivity contribution in [3.63, 3.8) is 0 Å². The van der Waals surface area contributed by atoms with Gasteiger partial charge in [-0.2, -0.15) is 0 Å². The van der Waals surface area contributed by atoms with Crippen LogP contribution in [0.1, 0.15) is 32.1 Å². The topological polar surface area (TPSA) is 58.4 Å². The molecule has 3 N–H and O–H groups in total. The minimum Gasteiger partial charge on any atom is -0.341 e. The maximum atomic E-state index is 11.8. The molecule has 0 bridgehead atoms. The summed E-state index contributed by atoms with van der Waals surface area (Å²) in [6, 6.07) is 0. The molecule has 1 rings (SSSR count). The van der Waals surface area contributed by atoms with E-state index < -0.39 is 0 Å². The van der Waals surface area contributed by atoms with E-state index in [1.807, 2.05) is 4.90 Å². The molecular weight excluding hydrogens is 190 g/mol. The molecule has 0 atom stereocenters. The summed E-state index contributed by atoms with van der Waals surface area (Å²) in [7, 11) is 0. The van der Waals surface area contributed by atoms with Crippen molar-refractivity contribution in [1.29, 1.82) is 0 Å². The minimum absolute atomic E-state index is 0.315. The van der Waals surface area contributed by atoms with Crippen LogP contribution in [0.5, 0.6) is 0 Å². The predicted molar refractivity (Wildman–Crippen MR) is 61.6 cm³/mol. The number of nitrogens with one attached hydrogen (secondary N) is 1. The van der Waals surface area contributed by atoms with Crippen LogP contribution < -0.4 is 11.1 Å². The molecule has 0 spiro atoms. The van der Waals surface area contributed by atoms with E-state index in [0.717, 1.165) is 58.4 Å². The highest BCUT2D eigenvalue weighted by Gasteiger charge is 2.13. The van der Waals surface area contributed by atoms with Crippen molar-refractivity contribution >= 4 is 5.91 Å². The molecule has 0 aromatic carbocycles. The summed E-state index contributed by atoms with van der Waals surface area (Å²) in [6.45, 7) is 4.51. The molecule has 1 heterocycles. The highest BCUT2D eigenvalue weighted by Crippen LogP contribution is 2.04. The Bertz CT molecular complexity index is 177. The predicted octanol–water partition coefficient (Wildman–Crippen LogP) is 0.327. The number of unbranched alkanes of at least 4 members (excludes halogenated alkanes) is 2. The van der Waals surface area contributed by atoms with E-state index in [9.17, 15) is 4.79 Å². The third-order valence-corrected chi connectivity index (χ3v) is 2.79. The zero-order valence-electron chi connectivity index (χ0n) is 9.50. The Labute approximate surface area is 92.2 Å². The fraction of sp³-hybridized carbons (Fsp3) is 0.909. The third-order valence-electron chi connectivity index (χ3n) is 2.79. The Hall–Kier alpha value is -0.610. The molecule has 4 heteroatoms. The lowest BCUT2D eigenvalue weighted by molar-refractivity contribution is -0.131. The molecule has 88 valence electrons. The highest BCUT2D eigenvalue weighted by atomic mass is 16.2. The molecule has 1 fully saturated rings. The van der Waals surface area contributed by atoms with E-state index in [0.29, 0.717) is 12.3 Å². The van der Waals surface area contributed by atoms with Crippen molar-refractivity contribution in [2.24, 2.45) is 5.73 Å². The number of nitrogens with two attached hydrogens (primary N) is 1. The number of hydrogen-bond donors (Lipinski definition) is 2. The van der Waals surface area contributed by atoms with Gasteiger partial charge in [0.25, 0.3) is 0 Å². The molecule has 0 saturated carbocycles. The van der Waals surface area contributed by atoms with Gasteiger partial charge in [-0.15, -0.1) is 0 Å². The second-order valence-electron chi connectivity index (χ2n) is 4.08. The molecule has 0 unspecified atom stereocenters. The lowest BCUT2D eigenvalue weighted by Gasteiger charge is -2.19. The summed E-state index contributed by atoms with van der Waals surface area (Å²) < 4.78 is 0. The van der Waals surface area contributed by atoms with Crippen LogP contribution in [0.3, 0.4) is 0 Å². The Morgan fingerprint density at radius 3 is 2.87 bits per heavy atom. The van der Waals surface area contributed by atoms with Crippen LogP contribution in [0.2, 0.25) is 0 Å². The highest BCUT2D eigenvalue weighted by molar-refractivity contribution is 5.76. The van der Waals surface area contributed by atoms with Gasteiger partial charge < -0.3 is 16.0 Å². The van der Waals surface area contributed by atoms with E-state index in [1.165, 1.54) is 0 Å². The second-order valence-corrected chi connectivity index (χ2v) is 4.08. The second kappa shape index (κ2) is 7.65. The van der Waals surface area contributed by atoms with Gasteiger partial charge in [0.2, 0.25) is 5.91 Å². The molecule has 1 aliphatic heterocycles. The summed E-state index contributed by atoms with van der Waals surface area (Å²) in [5.41, 5.74) is 5.41. The van der Waals surface area contributed by atoms with E-state index in [1.54, 1.807) is 0 Å². The third kappa shape index (κ3) is 5.14. The van der Waals surface area contributed by atoms with Gasteiger partial charge in [0, 0.05) is 26.1 Å². The van der Waals surface area contributed by atoms with Crippen molar-refractivity contribution in [3.05, 3.63) is 0 Å². The molecule has 0 radical (unpaired) electrons. The number of carbonyl (C=O) groups is 1. The van der Waals surface area contributed by atoms with Crippen LogP contribution in [0, 0.1) is 0 Å². The van der Waals surface area contributed by atoms with Crippen molar-refractivity contribution in [1.82, 2.24) is 10.2 Å². The Morgan fingerprint density at radius 2 is 2.07 bits per heavy atom. The fourth-order valence-corrected chi connectivity index (χ4v) is 1.85. The number of amides is 1. The summed E-state index contributed by atoms with van der Waals surface area (Å²) in [5, 5.41) is 3.30. The lowest BCUT2D eigenvalue weighted by atomic mass is 10.2. The van der Waals surface area contributed by atoms with Gasteiger partial charge >= 0.3 is 0 Å². The average Bonchev–Trinajstić information content (AvgIpc) is 2.52. The molecule has 4 nitrogen and oxygen atoms in total. The number of carbonyl (C=O) groups excluding carboxylic acids is 1. The molecule has 0 aromatic rings. The number of hydrogen-bond acceptors (Lipinski definition) is 3. The molecule has 0 aromatic heterocycles. The van der Waals surface area contributed by atoms with Crippen LogP contribution in [0.15, 0.2) is 0 Å².